The van der Waals surface area contributed by atoms with Gasteiger partial charge in [-0.15, -0.1) is 0 Å². The highest BCUT2D eigenvalue weighted by atomic mass is 16.5. The van der Waals surface area contributed by atoms with Crippen molar-refractivity contribution < 1.29 is 14.3 Å². The summed E-state index contributed by atoms with van der Waals surface area (Å²) in [6.45, 7) is 8.96. The first-order chi connectivity index (χ1) is 17.4. The number of amides is 4. The topological polar surface area (TPSA) is 98.8 Å². The van der Waals surface area contributed by atoms with Crippen LogP contribution in [0.15, 0.2) is 60.8 Å². The molecule has 0 unspecified atom stereocenters. The number of carbonyl (C=O) groups is 2. The Hall–Kier alpha value is -4.27. The zero-order valence-electron chi connectivity index (χ0n) is 20.9. The first-order valence-electron chi connectivity index (χ1n) is 12.1. The number of nitrogens with one attached hydrogen (secondary N) is 3. The van der Waals surface area contributed by atoms with Crippen molar-refractivity contribution in [1.29, 1.82) is 0 Å². The summed E-state index contributed by atoms with van der Waals surface area (Å²) in [5.41, 5.74) is 4.32. The predicted molar refractivity (Wildman–Crippen MR) is 143 cm³/mol. The average molecular weight is 489 g/mol. The van der Waals surface area contributed by atoms with Crippen LogP contribution in [0, 0.1) is 13.8 Å². The van der Waals surface area contributed by atoms with Crippen LogP contribution in [0.25, 0.3) is 0 Å². The average Bonchev–Trinajstić information content (AvgIpc) is 2.87. The van der Waals surface area contributed by atoms with Crippen LogP contribution in [0.5, 0.6) is 5.75 Å². The maximum Gasteiger partial charge on any atom is 0.323 e. The van der Waals surface area contributed by atoms with Gasteiger partial charge in [0.2, 0.25) is 0 Å². The normalized spacial score (nSPS) is 13.2. The number of anilines is 4. The van der Waals surface area contributed by atoms with Crippen LogP contribution in [0.2, 0.25) is 0 Å². The van der Waals surface area contributed by atoms with Crippen LogP contribution in [-0.4, -0.2) is 54.7 Å². The van der Waals surface area contributed by atoms with E-state index in [1.165, 1.54) is 0 Å². The Kier molecular flexibility index (Phi) is 7.89. The van der Waals surface area contributed by atoms with Crippen molar-refractivity contribution in [2.45, 2.75) is 20.8 Å². The zero-order valence-corrected chi connectivity index (χ0v) is 20.9. The number of rotatable bonds is 6. The Morgan fingerprint density at radius 2 is 1.69 bits per heavy atom. The van der Waals surface area contributed by atoms with Crippen molar-refractivity contribution in [2.75, 3.05) is 53.6 Å². The van der Waals surface area contributed by atoms with E-state index >= 15 is 0 Å². The summed E-state index contributed by atoms with van der Waals surface area (Å²) in [6.07, 6.45) is 1.67. The van der Waals surface area contributed by atoms with Gasteiger partial charge in [-0.25, -0.2) is 14.6 Å². The Bertz CT molecular complexity index is 1210. The van der Waals surface area contributed by atoms with E-state index in [-0.39, 0.29) is 12.1 Å². The molecule has 3 aromatic rings. The highest BCUT2D eigenvalue weighted by Crippen LogP contribution is 2.26. The number of benzene rings is 2. The summed E-state index contributed by atoms with van der Waals surface area (Å²) < 4.78 is 5.60. The zero-order chi connectivity index (χ0) is 25.5. The van der Waals surface area contributed by atoms with Crippen molar-refractivity contribution in [3.8, 4) is 5.75 Å². The van der Waals surface area contributed by atoms with Crippen LogP contribution in [0.4, 0.5) is 32.5 Å². The number of hydrogen-bond donors (Lipinski definition) is 3. The molecule has 1 aliphatic rings. The number of aryl methyl sites for hydroxylation is 2. The molecule has 0 spiro atoms. The Morgan fingerprint density at radius 3 is 2.39 bits per heavy atom. The second-order valence-electron chi connectivity index (χ2n) is 8.63. The molecule has 1 fully saturated rings. The smallest absolute Gasteiger partial charge is 0.323 e. The first-order valence-corrected chi connectivity index (χ1v) is 12.1. The highest BCUT2D eigenvalue weighted by molar-refractivity contribution is 6.00. The molecule has 2 aromatic carbocycles. The molecule has 0 saturated carbocycles. The number of pyridine rings is 1. The number of hydrogen-bond acceptors (Lipinski definition) is 5. The number of nitrogens with zero attached hydrogens (tertiary/aromatic N) is 3. The van der Waals surface area contributed by atoms with Gasteiger partial charge in [-0.2, -0.15) is 0 Å². The quantitative estimate of drug-likeness (QED) is 0.449. The third-order valence-corrected chi connectivity index (χ3v) is 5.98. The van der Waals surface area contributed by atoms with Crippen LogP contribution in [0.1, 0.15) is 18.1 Å². The van der Waals surface area contributed by atoms with Crippen LogP contribution >= 0.6 is 0 Å². The van der Waals surface area contributed by atoms with E-state index in [0.717, 1.165) is 29.9 Å². The molecule has 1 saturated heterocycles. The van der Waals surface area contributed by atoms with Crippen LogP contribution in [-0.2, 0) is 0 Å². The molecule has 188 valence electrons. The Morgan fingerprint density at radius 1 is 0.944 bits per heavy atom. The lowest BCUT2D eigenvalue weighted by molar-refractivity contribution is 0.208. The SMILES string of the molecule is CCOc1ccc(C)cc1NC(=O)Nc1ccc(N2CCN(C(=O)Nc3ncccc3C)CC2)cc1. The van der Waals surface area contributed by atoms with Crippen molar-refractivity contribution in [3.05, 3.63) is 71.9 Å². The molecule has 9 nitrogen and oxygen atoms in total. The van der Waals surface area contributed by atoms with Gasteiger partial charge in [0.05, 0.1) is 12.3 Å². The van der Waals surface area contributed by atoms with Gasteiger partial charge in [-0.05, 0) is 74.4 Å². The molecule has 0 atom stereocenters. The van der Waals surface area contributed by atoms with Crippen molar-refractivity contribution in [3.63, 3.8) is 0 Å². The standard InChI is InChI=1S/C27H32N6O3/c1-4-36-24-12-7-19(2)18-23(24)30-26(34)29-21-8-10-22(11-9-21)32-14-16-33(17-15-32)27(35)31-25-20(3)6-5-13-28-25/h5-13,18H,4,14-17H2,1-3H3,(H,28,31,35)(H2,29,30,34). The van der Waals surface area contributed by atoms with E-state index < -0.39 is 0 Å². The lowest BCUT2D eigenvalue weighted by atomic mass is 10.2. The molecule has 0 radical (unpaired) electrons. The van der Waals surface area contributed by atoms with Crippen molar-refractivity contribution in [1.82, 2.24) is 9.88 Å². The fourth-order valence-electron chi connectivity index (χ4n) is 4.03. The van der Waals surface area contributed by atoms with E-state index in [2.05, 4.69) is 25.8 Å². The maximum atomic E-state index is 12.6. The van der Waals surface area contributed by atoms with E-state index in [4.69, 9.17) is 4.74 Å². The molecule has 2 heterocycles. The van der Waals surface area contributed by atoms with E-state index in [1.807, 2.05) is 75.4 Å². The van der Waals surface area contributed by atoms with Gasteiger partial charge in [0.25, 0.3) is 0 Å². The summed E-state index contributed by atoms with van der Waals surface area (Å²) in [6, 6.07) is 16.7. The minimum absolute atomic E-state index is 0.136. The van der Waals surface area contributed by atoms with Gasteiger partial charge in [0, 0.05) is 43.8 Å². The molecule has 3 N–H and O–H groups in total. The van der Waals surface area contributed by atoms with E-state index in [9.17, 15) is 9.59 Å². The first kappa shape index (κ1) is 24.8. The molecule has 9 heteroatoms. The van der Waals surface area contributed by atoms with Crippen LogP contribution < -0.4 is 25.6 Å². The summed E-state index contributed by atoms with van der Waals surface area (Å²) >= 11 is 0. The maximum absolute atomic E-state index is 12.6. The van der Waals surface area contributed by atoms with Crippen molar-refractivity contribution in [2.24, 2.45) is 0 Å². The molecule has 4 rings (SSSR count). The largest absolute Gasteiger partial charge is 0.492 e. The van der Waals surface area contributed by atoms with Gasteiger partial charge in [0.1, 0.15) is 11.6 Å². The number of aromatic nitrogens is 1. The summed E-state index contributed by atoms with van der Waals surface area (Å²) in [5.74, 6) is 1.23. The molecule has 4 amide bonds. The Labute approximate surface area is 211 Å². The second kappa shape index (κ2) is 11.4. The molecule has 0 aliphatic carbocycles. The lowest BCUT2D eigenvalue weighted by Gasteiger charge is -2.36. The third kappa shape index (κ3) is 6.24. The Balaban J connectivity index is 1.29. The number of piperazine rings is 1. The summed E-state index contributed by atoms with van der Waals surface area (Å²) in [7, 11) is 0. The molecule has 1 aromatic heterocycles. The fourth-order valence-corrected chi connectivity index (χ4v) is 4.03. The summed E-state index contributed by atoms with van der Waals surface area (Å²) in [4.78, 5) is 33.4. The number of urea groups is 2. The molecule has 36 heavy (non-hydrogen) atoms. The van der Waals surface area contributed by atoms with Crippen molar-refractivity contribution >= 4 is 34.9 Å². The third-order valence-electron chi connectivity index (χ3n) is 5.98. The van der Waals surface area contributed by atoms with E-state index in [0.29, 0.717) is 42.6 Å². The minimum atomic E-state index is -0.336. The molecule has 0 bridgehead atoms. The summed E-state index contributed by atoms with van der Waals surface area (Å²) in [5, 5.41) is 8.63. The fraction of sp³-hybridized carbons (Fsp3) is 0.296. The molecular weight excluding hydrogens is 456 g/mol. The van der Waals surface area contributed by atoms with Gasteiger partial charge < -0.3 is 25.2 Å². The van der Waals surface area contributed by atoms with Gasteiger partial charge in [0.15, 0.2) is 0 Å². The second-order valence-corrected chi connectivity index (χ2v) is 8.63. The minimum Gasteiger partial charge on any atom is -0.492 e. The molecular formula is C27H32N6O3. The van der Waals surface area contributed by atoms with Gasteiger partial charge in [-0.1, -0.05) is 12.1 Å². The number of carbonyl (C=O) groups excluding carboxylic acids is 2. The van der Waals surface area contributed by atoms with Crippen LogP contribution in [0.3, 0.4) is 0 Å². The number of ether oxygens (including phenoxy) is 1. The van der Waals surface area contributed by atoms with Gasteiger partial charge in [-0.3, -0.25) is 5.32 Å². The highest BCUT2D eigenvalue weighted by Gasteiger charge is 2.22. The van der Waals surface area contributed by atoms with E-state index in [1.54, 1.807) is 11.1 Å². The predicted octanol–water partition coefficient (Wildman–Crippen LogP) is 5.10. The lowest BCUT2D eigenvalue weighted by Crippen LogP contribution is -2.50. The van der Waals surface area contributed by atoms with Gasteiger partial charge >= 0.3 is 12.1 Å². The monoisotopic (exact) mass is 488 g/mol. The molecule has 1 aliphatic heterocycles.